The molecule has 1 fully saturated rings. The van der Waals surface area contributed by atoms with Gasteiger partial charge < -0.3 is 9.84 Å². The summed E-state index contributed by atoms with van der Waals surface area (Å²) in [5.74, 6) is 2.06. The lowest BCUT2D eigenvalue weighted by molar-refractivity contribution is 0.419. The smallest absolute Gasteiger partial charge is 0.321 e. The molecule has 4 nitrogen and oxygen atoms in total. The van der Waals surface area contributed by atoms with Crippen LogP contribution in [0.4, 0.5) is 6.01 Å². The summed E-state index contributed by atoms with van der Waals surface area (Å²) in [4.78, 5) is 4.32. The van der Waals surface area contributed by atoms with Gasteiger partial charge in [-0.3, -0.25) is 0 Å². The molecule has 0 saturated carbocycles. The number of hydrogen-bond acceptors (Lipinski definition) is 5. The van der Waals surface area contributed by atoms with E-state index in [1.165, 1.54) is 18.6 Å². The molecule has 0 amide bonds. The van der Waals surface area contributed by atoms with Crippen molar-refractivity contribution in [3.8, 4) is 0 Å². The molecule has 1 unspecified atom stereocenters. The van der Waals surface area contributed by atoms with Crippen molar-refractivity contribution < 1.29 is 4.52 Å². The van der Waals surface area contributed by atoms with E-state index in [1.54, 1.807) is 0 Å². The van der Waals surface area contributed by atoms with Gasteiger partial charge >= 0.3 is 6.01 Å². The Labute approximate surface area is 87.8 Å². The normalized spacial score (nSPS) is 21.8. The van der Waals surface area contributed by atoms with Crippen molar-refractivity contribution in [1.82, 2.24) is 10.1 Å². The quantitative estimate of drug-likeness (QED) is 0.835. The van der Waals surface area contributed by atoms with Gasteiger partial charge in [0.25, 0.3) is 0 Å². The third-order valence-corrected chi connectivity index (χ3v) is 3.44. The summed E-state index contributed by atoms with van der Waals surface area (Å²) < 4.78 is 5.10. The molecule has 1 saturated heterocycles. The molecule has 1 aromatic rings. The van der Waals surface area contributed by atoms with Crippen LogP contribution in [0, 0.1) is 0 Å². The molecule has 0 aromatic carbocycles. The first-order valence-electron chi connectivity index (χ1n) is 4.97. The molecular formula is C9H15N3OS. The van der Waals surface area contributed by atoms with Crippen LogP contribution in [0.2, 0.25) is 0 Å². The van der Waals surface area contributed by atoms with Gasteiger partial charge in [0.1, 0.15) is 0 Å². The highest BCUT2D eigenvalue weighted by molar-refractivity contribution is 7.99. The zero-order chi connectivity index (χ0) is 9.97. The second-order valence-corrected chi connectivity index (χ2v) is 5.07. The Kier molecular flexibility index (Phi) is 2.96. The van der Waals surface area contributed by atoms with Crippen molar-refractivity contribution in [1.29, 1.82) is 0 Å². The minimum Gasteiger partial charge on any atom is -0.336 e. The predicted molar refractivity (Wildman–Crippen MR) is 57.5 cm³/mol. The van der Waals surface area contributed by atoms with Crippen molar-refractivity contribution in [3.05, 3.63) is 5.82 Å². The zero-order valence-electron chi connectivity index (χ0n) is 8.49. The maximum absolute atomic E-state index is 5.10. The summed E-state index contributed by atoms with van der Waals surface area (Å²) in [7, 11) is 0. The van der Waals surface area contributed by atoms with Crippen LogP contribution >= 0.6 is 11.8 Å². The van der Waals surface area contributed by atoms with Gasteiger partial charge in [-0.2, -0.15) is 16.7 Å². The van der Waals surface area contributed by atoms with E-state index in [1.807, 2.05) is 25.6 Å². The molecule has 14 heavy (non-hydrogen) atoms. The Morgan fingerprint density at radius 3 is 3.07 bits per heavy atom. The molecule has 2 rings (SSSR count). The largest absolute Gasteiger partial charge is 0.336 e. The third-order valence-electron chi connectivity index (χ3n) is 2.07. The van der Waals surface area contributed by atoms with E-state index < -0.39 is 0 Å². The Balaban J connectivity index is 2.01. The first-order chi connectivity index (χ1) is 6.75. The van der Waals surface area contributed by atoms with Gasteiger partial charge in [-0.1, -0.05) is 5.16 Å². The van der Waals surface area contributed by atoms with Gasteiger partial charge in [0.05, 0.1) is 5.25 Å². The number of hydrogen-bond donors (Lipinski definition) is 1. The number of thioether (sulfide) groups is 1. The molecule has 2 heterocycles. The van der Waals surface area contributed by atoms with Crippen molar-refractivity contribution >= 4 is 17.8 Å². The number of rotatable bonds is 3. The summed E-state index contributed by atoms with van der Waals surface area (Å²) >= 11 is 1.91. The lowest BCUT2D eigenvalue weighted by Gasteiger charge is -2.02. The minimum absolute atomic E-state index is 0.333. The molecule has 0 radical (unpaired) electrons. The second kappa shape index (κ2) is 4.21. The van der Waals surface area contributed by atoms with E-state index in [0.29, 0.717) is 17.3 Å². The second-order valence-electron chi connectivity index (χ2n) is 3.76. The molecule has 5 heteroatoms. The van der Waals surface area contributed by atoms with Gasteiger partial charge in [-0.05, 0) is 32.4 Å². The highest BCUT2D eigenvalue weighted by Crippen LogP contribution is 2.38. The number of aromatic nitrogens is 2. The highest BCUT2D eigenvalue weighted by atomic mass is 32.2. The van der Waals surface area contributed by atoms with Gasteiger partial charge in [-0.25, -0.2) is 0 Å². The molecule has 0 spiro atoms. The van der Waals surface area contributed by atoms with Crippen molar-refractivity contribution in [3.63, 3.8) is 0 Å². The molecule has 78 valence electrons. The molecule has 1 aliphatic heterocycles. The van der Waals surface area contributed by atoms with Crippen LogP contribution < -0.4 is 5.32 Å². The average Bonchev–Trinajstić information content (AvgIpc) is 2.69. The van der Waals surface area contributed by atoms with Crippen LogP contribution in [0.1, 0.15) is 37.8 Å². The van der Waals surface area contributed by atoms with Crippen molar-refractivity contribution in [2.45, 2.75) is 38.0 Å². The standard InChI is InChI=1S/C9H15N3OS/c1-6(2)10-9-11-8(12-13-9)7-4-3-5-14-7/h6-7H,3-5H2,1-2H3,(H,10,11,12). The van der Waals surface area contributed by atoms with Crippen LogP contribution in [0.15, 0.2) is 4.52 Å². The summed E-state index contributed by atoms with van der Waals surface area (Å²) in [6.45, 7) is 4.10. The molecule has 1 atom stereocenters. The van der Waals surface area contributed by atoms with E-state index >= 15 is 0 Å². The van der Waals surface area contributed by atoms with Crippen LogP contribution in [-0.2, 0) is 0 Å². The monoisotopic (exact) mass is 213 g/mol. The first-order valence-corrected chi connectivity index (χ1v) is 6.02. The van der Waals surface area contributed by atoms with E-state index in [0.717, 1.165) is 5.82 Å². The zero-order valence-corrected chi connectivity index (χ0v) is 9.30. The van der Waals surface area contributed by atoms with Gasteiger partial charge in [-0.15, -0.1) is 0 Å². The van der Waals surface area contributed by atoms with E-state index in [2.05, 4.69) is 15.5 Å². The molecule has 1 N–H and O–H groups in total. The average molecular weight is 213 g/mol. The number of anilines is 1. The van der Waals surface area contributed by atoms with Crippen LogP contribution in [0.5, 0.6) is 0 Å². The molecule has 1 aliphatic rings. The third kappa shape index (κ3) is 2.20. The Morgan fingerprint density at radius 1 is 1.57 bits per heavy atom. The van der Waals surface area contributed by atoms with Crippen LogP contribution in [-0.4, -0.2) is 21.9 Å². The molecule has 0 bridgehead atoms. The fourth-order valence-electron chi connectivity index (χ4n) is 1.45. The fourth-order valence-corrected chi connectivity index (χ4v) is 2.65. The van der Waals surface area contributed by atoms with Gasteiger partial charge in [0.15, 0.2) is 5.82 Å². The number of nitrogens with one attached hydrogen (secondary N) is 1. The molecular weight excluding hydrogens is 198 g/mol. The Hall–Kier alpha value is -0.710. The maximum atomic E-state index is 5.10. The number of nitrogens with zero attached hydrogens (tertiary/aromatic N) is 2. The van der Waals surface area contributed by atoms with Crippen LogP contribution in [0.3, 0.4) is 0 Å². The molecule has 1 aromatic heterocycles. The summed E-state index contributed by atoms with van der Waals surface area (Å²) in [5.41, 5.74) is 0. The lowest BCUT2D eigenvalue weighted by atomic mass is 10.2. The van der Waals surface area contributed by atoms with Crippen molar-refractivity contribution in [2.75, 3.05) is 11.1 Å². The SMILES string of the molecule is CC(C)Nc1nc(C2CCCS2)no1. The first kappa shape index (κ1) is 9.83. The summed E-state index contributed by atoms with van der Waals surface area (Å²) in [6.07, 6.45) is 2.43. The van der Waals surface area contributed by atoms with Crippen LogP contribution in [0.25, 0.3) is 0 Å². The topological polar surface area (TPSA) is 51.0 Å². The minimum atomic E-state index is 0.333. The predicted octanol–water partition coefficient (Wildman–Crippen LogP) is 2.46. The lowest BCUT2D eigenvalue weighted by Crippen LogP contribution is -2.09. The van der Waals surface area contributed by atoms with E-state index in [9.17, 15) is 0 Å². The van der Waals surface area contributed by atoms with E-state index in [-0.39, 0.29) is 0 Å². The molecule has 0 aliphatic carbocycles. The maximum Gasteiger partial charge on any atom is 0.321 e. The fraction of sp³-hybridized carbons (Fsp3) is 0.778. The van der Waals surface area contributed by atoms with Gasteiger partial charge in [0.2, 0.25) is 0 Å². The van der Waals surface area contributed by atoms with E-state index in [4.69, 9.17) is 4.52 Å². The van der Waals surface area contributed by atoms with Crippen molar-refractivity contribution in [2.24, 2.45) is 0 Å². The summed E-state index contributed by atoms with van der Waals surface area (Å²) in [5, 5.41) is 7.53. The highest BCUT2D eigenvalue weighted by Gasteiger charge is 2.22. The Morgan fingerprint density at radius 2 is 2.43 bits per heavy atom. The van der Waals surface area contributed by atoms with Gasteiger partial charge in [0, 0.05) is 6.04 Å². The Bertz CT molecular complexity index is 294. The summed E-state index contributed by atoms with van der Waals surface area (Å²) in [6, 6.07) is 0.877.